The van der Waals surface area contributed by atoms with Gasteiger partial charge in [-0.2, -0.15) is 0 Å². The third kappa shape index (κ3) is 5.75. The molecule has 0 unspecified atom stereocenters. The predicted molar refractivity (Wildman–Crippen MR) is 122 cm³/mol. The largest absolute Gasteiger partial charge is 0.379 e. The molecule has 1 aliphatic rings. The third-order valence-corrected chi connectivity index (χ3v) is 6.02. The van der Waals surface area contributed by atoms with Gasteiger partial charge in [-0.25, -0.2) is 0 Å². The van der Waals surface area contributed by atoms with Gasteiger partial charge in [0.2, 0.25) is 0 Å². The molecule has 0 bridgehead atoms. The van der Waals surface area contributed by atoms with E-state index in [-0.39, 0.29) is 23.2 Å². The summed E-state index contributed by atoms with van der Waals surface area (Å²) in [7, 11) is 0. The minimum atomic E-state index is -0.462. The van der Waals surface area contributed by atoms with Crippen molar-refractivity contribution in [2.75, 3.05) is 18.1 Å². The molecule has 2 N–H and O–H groups in total. The summed E-state index contributed by atoms with van der Waals surface area (Å²) in [6.07, 6.45) is 8.36. The summed E-state index contributed by atoms with van der Waals surface area (Å²) in [5.74, 6) is 0.661. The van der Waals surface area contributed by atoms with Crippen LogP contribution < -0.4 is 10.6 Å². The van der Waals surface area contributed by atoms with Crippen molar-refractivity contribution < 1.29 is 9.72 Å². The molecule has 31 heavy (non-hydrogen) atoms. The van der Waals surface area contributed by atoms with Crippen molar-refractivity contribution in [2.24, 2.45) is 0 Å². The highest BCUT2D eigenvalue weighted by molar-refractivity contribution is 7.98. The standard InChI is InChI=1S/C21H30N6O3S/c1-14(2)23-20(28)15-10-11-17(18(13-15)27(29)30)22-12-6-9-19-24-25-21(31-3)26(19)16-7-4-5-8-16/h10-11,13-14,16,22H,4-9,12H2,1-3H3,(H,23,28). The Morgan fingerprint density at radius 1 is 1.32 bits per heavy atom. The number of carbonyl (C=O) groups is 1. The van der Waals surface area contributed by atoms with E-state index in [1.54, 1.807) is 23.9 Å². The van der Waals surface area contributed by atoms with Crippen LogP contribution in [0, 0.1) is 10.1 Å². The number of anilines is 1. The van der Waals surface area contributed by atoms with Crippen LogP contribution in [0.5, 0.6) is 0 Å². The number of amides is 1. The van der Waals surface area contributed by atoms with Crippen LogP contribution in [-0.4, -0.2) is 44.4 Å². The average molecular weight is 447 g/mol. The summed E-state index contributed by atoms with van der Waals surface area (Å²) >= 11 is 1.62. The van der Waals surface area contributed by atoms with E-state index < -0.39 is 4.92 Å². The molecule has 2 aromatic rings. The molecule has 0 saturated heterocycles. The molecule has 0 atom stereocenters. The number of nitrogens with one attached hydrogen (secondary N) is 2. The number of carbonyl (C=O) groups excluding carboxylic acids is 1. The van der Waals surface area contributed by atoms with Crippen LogP contribution in [0.25, 0.3) is 0 Å². The Kier molecular flexibility index (Phi) is 7.89. The molecule has 1 amide bonds. The van der Waals surface area contributed by atoms with E-state index in [0.29, 0.717) is 18.3 Å². The Bertz CT molecular complexity index is 924. The molecule has 9 nitrogen and oxygen atoms in total. The van der Waals surface area contributed by atoms with Gasteiger partial charge in [-0.3, -0.25) is 14.9 Å². The molecule has 0 radical (unpaired) electrons. The van der Waals surface area contributed by atoms with E-state index in [1.807, 2.05) is 20.1 Å². The maximum absolute atomic E-state index is 12.2. The topological polar surface area (TPSA) is 115 Å². The lowest BCUT2D eigenvalue weighted by atomic mass is 10.1. The first-order chi connectivity index (χ1) is 14.9. The molecule has 0 aliphatic heterocycles. The first kappa shape index (κ1) is 23.1. The number of nitro groups is 1. The summed E-state index contributed by atoms with van der Waals surface area (Å²) < 4.78 is 2.28. The lowest BCUT2D eigenvalue weighted by molar-refractivity contribution is -0.384. The van der Waals surface area contributed by atoms with Gasteiger partial charge >= 0.3 is 0 Å². The highest BCUT2D eigenvalue weighted by Gasteiger charge is 2.23. The number of aromatic nitrogens is 3. The molecule has 0 spiro atoms. The number of nitro benzene ring substituents is 1. The van der Waals surface area contributed by atoms with E-state index in [1.165, 1.54) is 31.7 Å². The molecular weight excluding hydrogens is 416 g/mol. The van der Waals surface area contributed by atoms with Crippen molar-refractivity contribution in [3.8, 4) is 0 Å². The predicted octanol–water partition coefficient (Wildman–Crippen LogP) is 4.21. The Hall–Kier alpha value is -2.62. The van der Waals surface area contributed by atoms with Gasteiger partial charge in [-0.15, -0.1) is 10.2 Å². The Labute approximate surface area is 186 Å². The van der Waals surface area contributed by atoms with Gasteiger partial charge in [-0.05, 0) is 51.5 Å². The van der Waals surface area contributed by atoms with Gasteiger partial charge in [0.1, 0.15) is 11.5 Å². The number of nitrogens with zero attached hydrogens (tertiary/aromatic N) is 4. The van der Waals surface area contributed by atoms with E-state index in [4.69, 9.17) is 0 Å². The first-order valence-electron chi connectivity index (χ1n) is 10.7. The lowest BCUT2D eigenvalue weighted by Crippen LogP contribution is -2.30. The van der Waals surface area contributed by atoms with Crippen molar-refractivity contribution in [3.63, 3.8) is 0 Å². The third-order valence-electron chi connectivity index (χ3n) is 5.38. The van der Waals surface area contributed by atoms with E-state index in [2.05, 4.69) is 25.4 Å². The minimum absolute atomic E-state index is 0.0396. The van der Waals surface area contributed by atoms with Gasteiger partial charge in [0.05, 0.1) is 4.92 Å². The summed E-state index contributed by atoms with van der Waals surface area (Å²) in [6, 6.07) is 4.96. The van der Waals surface area contributed by atoms with Gasteiger partial charge in [-0.1, -0.05) is 24.6 Å². The Balaban J connectivity index is 1.62. The van der Waals surface area contributed by atoms with Gasteiger partial charge in [0, 0.05) is 36.7 Å². The average Bonchev–Trinajstić information content (AvgIpc) is 3.39. The first-order valence-corrected chi connectivity index (χ1v) is 11.9. The molecule has 1 saturated carbocycles. The van der Waals surface area contributed by atoms with Crippen LogP contribution in [0.3, 0.4) is 0 Å². The maximum atomic E-state index is 12.2. The summed E-state index contributed by atoms with van der Waals surface area (Å²) in [4.78, 5) is 23.2. The lowest BCUT2D eigenvalue weighted by Gasteiger charge is -2.16. The molecule has 1 aliphatic carbocycles. The molecular formula is C21H30N6O3S. The van der Waals surface area contributed by atoms with E-state index in [9.17, 15) is 14.9 Å². The minimum Gasteiger partial charge on any atom is -0.379 e. The van der Waals surface area contributed by atoms with E-state index in [0.717, 1.165) is 23.8 Å². The van der Waals surface area contributed by atoms with E-state index >= 15 is 0 Å². The normalized spacial score (nSPS) is 14.2. The molecule has 1 fully saturated rings. The zero-order valence-corrected chi connectivity index (χ0v) is 19.1. The number of thioether (sulfide) groups is 1. The molecule has 10 heteroatoms. The molecule has 3 rings (SSSR count). The number of rotatable bonds is 10. The zero-order valence-electron chi connectivity index (χ0n) is 18.3. The molecule has 1 aromatic heterocycles. The fourth-order valence-electron chi connectivity index (χ4n) is 3.93. The van der Waals surface area contributed by atoms with Crippen molar-refractivity contribution in [1.82, 2.24) is 20.1 Å². The van der Waals surface area contributed by atoms with Crippen LogP contribution in [0.2, 0.25) is 0 Å². The number of benzene rings is 1. The Morgan fingerprint density at radius 3 is 2.71 bits per heavy atom. The van der Waals surface area contributed by atoms with Crippen LogP contribution >= 0.6 is 11.8 Å². The van der Waals surface area contributed by atoms with Crippen LogP contribution in [0.1, 0.15) is 68.2 Å². The highest BCUT2D eigenvalue weighted by Crippen LogP contribution is 2.33. The van der Waals surface area contributed by atoms with Gasteiger partial charge in [0.15, 0.2) is 5.16 Å². The smallest absolute Gasteiger partial charge is 0.293 e. The second kappa shape index (κ2) is 10.6. The summed E-state index contributed by atoms with van der Waals surface area (Å²) in [6.45, 7) is 4.25. The van der Waals surface area contributed by atoms with Crippen molar-refractivity contribution >= 4 is 29.0 Å². The van der Waals surface area contributed by atoms with Crippen LogP contribution in [0.4, 0.5) is 11.4 Å². The van der Waals surface area contributed by atoms with Crippen molar-refractivity contribution in [3.05, 3.63) is 39.7 Å². The molecule has 1 aromatic carbocycles. The Morgan fingerprint density at radius 2 is 2.06 bits per heavy atom. The van der Waals surface area contributed by atoms with Crippen LogP contribution in [0.15, 0.2) is 23.4 Å². The number of aryl methyl sites for hydroxylation is 1. The fourth-order valence-corrected chi connectivity index (χ4v) is 4.51. The second-order valence-electron chi connectivity index (χ2n) is 8.06. The fraction of sp³-hybridized carbons (Fsp3) is 0.571. The SMILES string of the molecule is CSc1nnc(CCCNc2ccc(C(=O)NC(C)C)cc2[N+](=O)[O-])n1C1CCCC1. The monoisotopic (exact) mass is 446 g/mol. The quantitative estimate of drug-likeness (QED) is 0.243. The van der Waals surface area contributed by atoms with Gasteiger partial charge in [0.25, 0.3) is 11.6 Å². The second-order valence-corrected chi connectivity index (χ2v) is 8.83. The van der Waals surface area contributed by atoms with Crippen LogP contribution in [-0.2, 0) is 6.42 Å². The number of hydrogen-bond donors (Lipinski definition) is 2. The van der Waals surface area contributed by atoms with Gasteiger partial charge < -0.3 is 15.2 Å². The molecule has 168 valence electrons. The maximum Gasteiger partial charge on any atom is 0.293 e. The highest BCUT2D eigenvalue weighted by atomic mass is 32.2. The van der Waals surface area contributed by atoms with Crippen molar-refractivity contribution in [2.45, 2.75) is 69.6 Å². The van der Waals surface area contributed by atoms with Crippen molar-refractivity contribution in [1.29, 1.82) is 0 Å². The number of hydrogen-bond acceptors (Lipinski definition) is 7. The summed E-state index contributed by atoms with van der Waals surface area (Å²) in [5, 5.41) is 27.1. The zero-order chi connectivity index (χ0) is 22.4. The summed E-state index contributed by atoms with van der Waals surface area (Å²) in [5.41, 5.74) is 0.587. The molecule has 1 heterocycles.